The highest BCUT2D eigenvalue weighted by Gasteiger charge is 2.18. The van der Waals surface area contributed by atoms with E-state index in [1.807, 2.05) is 0 Å². The topological polar surface area (TPSA) is 84.6 Å². The molecule has 0 fully saturated rings. The number of hydrogen-bond donors (Lipinski definition) is 3. The van der Waals surface area contributed by atoms with Crippen LogP contribution in [0.4, 0.5) is 5.69 Å². The Hall–Kier alpha value is -2.01. The fourth-order valence-corrected chi connectivity index (χ4v) is 1.58. The van der Waals surface area contributed by atoms with E-state index in [1.54, 1.807) is 12.1 Å². The maximum atomic E-state index is 10.6. The lowest BCUT2D eigenvalue weighted by atomic mass is 10.1. The second kappa shape index (κ2) is 4.24. The van der Waals surface area contributed by atoms with Crippen LogP contribution in [0.25, 0.3) is 0 Å². The Kier molecular flexibility index (Phi) is 2.78. The number of phenolic OH excluding ortho intramolecular Hbond substituents is 1. The van der Waals surface area contributed by atoms with E-state index in [-0.39, 0.29) is 11.4 Å². The van der Waals surface area contributed by atoms with E-state index in [4.69, 9.17) is 10.5 Å². The quantitative estimate of drug-likeness (QED) is 0.516. The van der Waals surface area contributed by atoms with Crippen LogP contribution in [0.5, 0.6) is 11.5 Å². The zero-order chi connectivity index (χ0) is 11.5. The summed E-state index contributed by atoms with van der Waals surface area (Å²) < 4.78 is 5.32. The van der Waals surface area contributed by atoms with Crippen molar-refractivity contribution in [1.29, 1.82) is 0 Å². The zero-order valence-electron chi connectivity index (χ0n) is 8.56. The first kappa shape index (κ1) is 10.5. The summed E-state index contributed by atoms with van der Waals surface area (Å²) in [5.41, 5.74) is 7.05. The summed E-state index contributed by atoms with van der Waals surface area (Å²) in [6, 6.07) is 3.30. The molecule has 0 radical (unpaired) electrons. The predicted octanol–water partition coefficient (Wildman–Crippen LogP) is 0.738. The van der Waals surface area contributed by atoms with E-state index >= 15 is 0 Å². The first-order valence-electron chi connectivity index (χ1n) is 4.90. The molecule has 0 aliphatic carbocycles. The zero-order valence-corrected chi connectivity index (χ0v) is 8.56. The van der Waals surface area contributed by atoms with Crippen molar-refractivity contribution in [2.45, 2.75) is 6.42 Å². The van der Waals surface area contributed by atoms with Gasteiger partial charge in [-0.3, -0.25) is 4.79 Å². The molecule has 16 heavy (non-hydrogen) atoms. The van der Waals surface area contributed by atoms with Crippen molar-refractivity contribution in [1.82, 2.24) is 0 Å². The molecule has 0 saturated heterocycles. The number of ether oxygens (including phenoxy) is 1. The number of rotatable bonds is 3. The van der Waals surface area contributed by atoms with Crippen LogP contribution in [0.3, 0.4) is 0 Å². The minimum Gasteiger partial charge on any atom is -0.506 e. The van der Waals surface area contributed by atoms with E-state index in [0.29, 0.717) is 30.7 Å². The SMILES string of the molecule is NCCc1ccc(O)c2c1OC=C(C=O)N2. The monoisotopic (exact) mass is 220 g/mol. The van der Waals surface area contributed by atoms with Crippen LogP contribution in [-0.4, -0.2) is 17.9 Å². The third-order valence-electron chi connectivity index (χ3n) is 2.33. The van der Waals surface area contributed by atoms with E-state index in [9.17, 15) is 9.90 Å². The fraction of sp³-hybridized carbons (Fsp3) is 0.182. The van der Waals surface area contributed by atoms with E-state index in [0.717, 1.165) is 5.56 Å². The van der Waals surface area contributed by atoms with Gasteiger partial charge in [-0.1, -0.05) is 6.07 Å². The van der Waals surface area contributed by atoms with Gasteiger partial charge in [-0.2, -0.15) is 0 Å². The van der Waals surface area contributed by atoms with Gasteiger partial charge in [0.05, 0.1) is 0 Å². The molecule has 0 amide bonds. The summed E-state index contributed by atoms with van der Waals surface area (Å²) >= 11 is 0. The molecule has 4 N–H and O–H groups in total. The van der Waals surface area contributed by atoms with Gasteiger partial charge in [0.25, 0.3) is 0 Å². The molecule has 0 aromatic heterocycles. The number of carbonyl (C=O) groups is 1. The number of benzene rings is 1. The first-order chi connectivity index (χ1) is 7.76. The maximum absolute atomic E-state index is 10.6. The Labute approximate surface area is 92.5 Å². The van der Waals surface area contributed by atoms with Gasteiger partial charge in [0.15, 0.2) is 12.0 Å². The number of phenols is 1. The van der Waals surface area contributed by atoms with Crippen molar-refractivity contribution < 1.29 is 14.6 Å². The van der Waals surface area contributed by atoms with Gasteiger partial charge < -0.3 is 20.9 Å². The standard InChI is InChI=1S/C11H12N2O3/c12-4-3-7-1-2-9(15)10-11(7)16-6-8(5-14)13-10/h1-2,5-6,13,15H,3-4,12H2. The molecule has 84 valence electrons. The summed E-state index contributed by atoms with van der Waals surface area (Å²) in [4.78, 5) is 10.6. The Balaban J connectivity index is 2.43. The van der Waals surface area contributed by atoms with E-state index in [2.05, 4.69) is 5.32 Å². The van der Waals surface area contributed by atoms with Gasteiger partial charge in [0, 0.05) is 0 Å². The second-order valence-electron chi connectivity index (χ2n) is 3.42. The van der Waals surface area contributed by atoms with Crippen LogP contribution in [0.2, 0.25) is 0 Å². The number of aromatic hydroxyl groups is 1. The largest absolute Gasteiger partial charge is 0.506 e. The first-order valence-corrected chi connectivity index (χ1v) is 4.90. The molecule has 5 heteroatoms. The molecule has 0 spiro atoms. The number of fused-ring (bicyclic) bond motifs is 1. The third kappa shape index (κ3) is 1.72. The van der Waals surface area contributed by atoms with Gasteiger partial charge in [-0.25, -0.2) is 0 Å². The van der Waals surface area contributed by atoms with Gasteiger partial charge in [-0.05, 0) is 24.6 Å². The highest BCUT2D eigenvalue weighted by molar-refractivity contribution is 5.84. The molecule has 0 saturated carbocycles. The van der Waals surface area contributed by atoms with Crippen LogP contribution in [0.1, 0.15) is 5.56 Å². The molecule has 0 atom stereocenters. The lowest BCUT2D eigenvalue weighted by Gasteiger charge is -2.20. The Morgan fingerprint density at radius 2 is 2.31 bits per heavy atom. The van der Waals surface area contributed by atoms with E-state index < -0.39 is 0 Å². The summed E-state index contributed by atoms with van der Waals surface area (Å²) in [6.45, 7) is 0.491. The smallest absolute Gasteiger partial charge is 0.169 e. The van der Waals surface area contributed by atoms with Crippen LogP contribution in [-0.2, 0) is 11.2 Å². The van der Waals surface area contributed by atoms with Crippen molar-refractivity contribution in [3.63, 3.8) is 0 Å². The number of nitrogens with two attached hydrogens (primary N) is 1. The van der Waals surface area contributed by atoms with Crippen LogP contribution in [0, 0.1) is 0 Å². The molecule has 1 aliphatic rings. The van der Waals surface area contributed by atoms with Crippen LogP contribution < -0.4 is 15.8 Å². The highest BCUT2D eigenvalue weighted by atomic mass is 16.5. The molecule has 0 bridgehead atoms. The Bertz CT molecular complexity index is 455. The number of hydrogen-bond acceptors (Lipinski definition) is 5. The van der Waals surface area contributed by atoms with Crippen molar-refractivity contribution in [3.05, 3.63) is 29.7 Å². The lowest BCUT2D eigenvalue weighted by molar-refractivity contribution is -0.104. The van der Waals surface area contributed by atoms with Gasteiger partial charge in [0.2, 0.25) is 0 Å². The number of aldehydes is 1. The van der Waals surface area contributed by atoms with Gasteiger partial charge in [0.1, 0.15) is 23.4 Å². The number of nitrogens with one attached hydrogen (secondary N) is 1. The predicted molar refractivity (Wildman–Crippen MR) is 59.3 cm³/mol. The molecule has 2 rings (SSSR count). The molecular weight excluding hydrogens is 208 g/mol. The number of allylic oxidation sites excluding steroid dienone is 1. The molecule has 1 aromatic carbocycles. The Morgan fingerprint density at radius 1 is 1.50 bits per heavy atom. The fourth-order valence-electron chi connectivity index (χ4n) is 1.58. The highest BCUT2D eigenvalue weighted by Crippen LogP contribution is 2.40. The summed E-state index contributed by atoms with van der Waals surface area (Å²) in [5.74, 6) is 0.569. The average molecular weight is 220 g/mol. The number of carbonyl (C=O) groups excluding carboxylic acids is 1. The molecule has 1 aliphatic heterocycles. The van der Waals surface area contributed by atoms with E-state index in [1.165, 1.54) is 6.26 Å². The molecular formula is C11H12N2O3. The van der Waals surface area contributed by atoms with Gasteiger partial charge >= 0.3 is 0 Å². The second-order valence-corrected chi connectivity index (χ2v) is 3.42. The summed E-state index contributed by atoms with van der Waals surface area (Å²) in [5, 5.41) is 12.4. The van der Waals surface area contributed by atoms with Crippen molar-refractivity contribution in [3.8, 4) is 11.5 Å². The summed E-state index contributed by atoms with van der Waals surface area (Å²) in [6.07, 6.45) is 2.58. The number of anilines is 1. The van der Waals surface area contributed by atoms with Crippen LogP contribution in [0.15, 0.2) is 24.1 Å². The minimum atomic E-state index is 0.0446. The third-order valence-corrected chi connectivity index (χ3v) is 2.33. The van der Waals surface area contributed by atoms with Crippen LogP contribution >= 0.6 is 0 Å². The lowest BCUT2D eigenvalue weighted by Crippen LogP contribution is -2.12. The Morgan fingerprint density at radius 3 is 3.00 bits per heavy atom. The van der Waals surface area contributed by atoms with Gasteiger partial charge in [-0.15, -0.1) is 0 Å². The summed E-state index contributed by atoms with van der Waals surface area (Å²) in [7, 11) is 0. The minimum absolute atomic E-state index is 0.0446. The molecule has 1 aromatic rings. The molecule has 0 unspecified atom stereocenters. The van der Waals surface area contributed by atoms with Crippen molar-refractivity contribution >= 4 is 12.0 Å². The van der Waals surface area contributed by atoms with Crippen molar-refractivity contribution in [2.24, 2.45) is 5.73 Å². The van der Waals surface area contributed by atoms with Crippen molar-refractivity contribution in [2.75, 3.05) is 11.9 Å². The molecule has 1 heterocycles. The molecule has 5 nitrogen and oxygen atoms in total. The maximum Gasteiger partial charge on any atom is 0.169 e. The normalized spacial score (nSPS) is 13.2. The average Bonchev–Trinajstić information content (AvgIpc) is 2.33.